The van der Waals surface area contributed by atoms with Crippen LogP contribution in [0.5, 0.6) is 0 Å². The molecule has 1 aromatic heterocycles. The third-order valence-corrected chi connectivity index (χ3v) is 4.88. The van der Waals surface area contributed by atoms with Gasteiger partial charge in [-0.3, -0.25) is 15.3 Å². The molecule has 108 valence electrons. The molecular weight excluding hydrogens is 248 g/mol. The van der Waals surface area contributed by atoms with Gasteiger partial charge in [0.25, 0.3) is 0 Å². The molecule has 2 aliphatic rings. The van der Waals surface area contributed by atoms with Gasteiger partial charge in [0.2, 0.25) is 0 Å². The molecule has 4 nitrogen and oxygen atoms in total. The number of amidine groups is 1. The first-order chi connectivity index (χ1) is 9.75. The summed E-state index contributed by atoms with van der Waals surface area (Å²) in [6.45, 7) is 2.07. The minimum Gasteiger partial charge on any atom is -0.382 e. The lowest BCUT2D eigenvalue weighted by Crippen LogP contribution is -2.35. The highest BCUT2D eigenvalue weighted by Gasteiger charge is 2.33. The van der Waals surface area contributed by atoms with Crippen molar-refractivity contribution >= 4 is 5.84 Å². The first-order valence-corrected chi connectivity index (χ1v) is 7.78. The van der Waals surface area contributed by atoms with E-state index in [1.54, 1.807) is 6.20 Å². The number of pyridine rings is 1. The topological polar surface area (TPSA) is 66.0 Å². The van der Waals surface area contributed by atoms with Crippen LogP contribution in [0, 0.1) is 11.3 Å². The Kier molecular flexibility index (Phi) is 4.01. The normalized spacial score (nSPS) is 24.3. The number of likely N-dealkylation sites (tertiary alicyclic amines) is 1. The average Bonchev–Trinajstić information content (AvgIpc) is 3.09. The largest absolute Gasteiger partial charge is 0.382 e. The number of nitrogens with zero attached hydrogens (tertiary/aromatic N) is 2. The van der Waals surface area contributed by atoms with Gasteiger partial charge in [0.05, 0.1) is 0 Å². The Morgan fingerprint density at radius 2 is 2.10 bits per heavy atom. The highest BCUT2D eigenvalue weighted by Crippen LogP contribution is 2.36. The maximum absolute atomic E-state index is 7.66. The third kappa shape index (κ3) is 2.70. The molecular formula is C16H24N4. The van der Waals surface area contributed by atoms with Crippen molar-refractivity contribution in [2.24, 2.45) is 11.7 Å². The van der Waals surface area contributed by atoms with Crippen molar-refractivity contribution in [1.29, 1.82) is 5.41 Å². The van der Waals surface area contributed by atoms with Crippen molar-refractivity contribution in [3.63, 3.8) is 0 Å². The van der Waals surface area contributed by atoms with Gasteiger partial charge in [-0.15, -0.1) is 0 Å². The number of nitrogens with two attached hydrogens (primary N) is 1. The summed E-state index contributed by atoms with van der Waals surface area (Å²) in [5.74, 6) is 0.965. The summed E-state index contributed by atoms with van der Waals surface area (Å²) in [5.41, 5.74) is 7.41. The van der Waals surface area contributed by atoms with Crippen LogP contribution < -0.4 is 5.73 Å². The molecule has 2 fully saturated rings. The average molecular weight is 272 g/mol. The Hall–Kier alpha value is -1.42. The predicted octanol–water partition coefficient (Wildman–Crippen LogP) is 2.52. The lowest BCUT2D eigenvalue weighted by molar-refractivity contribution is 0.183. The fourth-order valence-electron chi connectivity index (χ4n) is 3.95. The minimum absolute atomic E-state index is 0.0808. The van der Waals surface area contributed by atoms with Crippen LogP contribution in [0.4, 0.5) is 0 Å². The summed E-state index contributed by atoms with van der Waals surface area (Å²) in [4.78, 5) is 6.86. The van der Waals surface area contributed by atoms with E-state index in [0.717, 1.165) is 24.1 Å². The quantitative estimate of drug-likeness (QED) is 0.654. The lowest BCUT2D eigenvalue weighted by Gasteiger charge is -2.29. The van der Waals surface area contributed by atoms with Crippen molar-refractivity contribution < 1.29 is 0 Å². The number of nitrogen functional groups attached to an aromatic ring is 1. The summed E-state index contributed by atoms with van der Waals surface area (Å²) in [6, 6.07) is 4.74. The Balaban J connectivity index is 1.75. The van der Waals surface area contributed by atoms with Gasteiger partial charge in [0.1, 0.15) is 11.5 Å². The van der Waals surface area contributed by atoms with Crippen LogP contribution >= 0.6 is 0 Å². The molecule has 20 heavy (non-hydrogen) atoms. The van der Waals surface area contributed by atoms with E-state index in [1.165, 1.54) is 45.1 Å². The number of rotatable bonds is 4. The smallest absolute Gasteiger partial charge is 0.142 e. The Morgan fingerprint density at radius 1 is 1.30 bits per heavy atom. The van der Waals surface area contributed by atoms with Crippen LogP contribution in [-0.2, 0) is 6.54 Å². The van der Waals surface area contributed by atoms with Crippen LogP contribution in [0.15, 0.2) is 18.3 Å². The molecule has 3 N–H and O–H groups in total. The van der Waals surface area contributed by atoms with Gasteiger partial charge in [-0.05, 0) is 49.8 Å². The van der Waals surface area contributed by atoms with E-state index < -0.39 is 0 Å². The van der Waals surface area contributed by atoms with Crippen LogP contribution in [0.1, 0.15) is 49.8 Å². The van der Waals surface area contributed by atoms with E-state index >= 15 is 0 Å². The number of hydrogen-bond acceptors (Lipinski definition) is 3. The molecule has 3 rings (SSSR count). The van der Waals surface area contributed by atoms with E-state index in [2.05, 4.69) is 16.0 Å². The van der Waals surface area contributed by atoms with Crippen molar-refractivity contribution in [2.75, 3.05) is 6.54 Å². The number of aromatic nitrogens is 1. The van der Waals surface area contributed by atoms with Crippen LogP contribution in [0.25, 0.3) is 0 Å². The van der Waals surface area contributed by atoms with Crippen molar-refractivity contribution in [3.8, 4) is 0 Å². The van der Waals surface area contributed by atoms with E-state index in [0.29, 0.717) is 5.69 Å². The van der Waals surface area contributed by atoms with Gasteiger partial charge >= 0.3 is 0 Å². The first kappa shape index (κ1) is 13.6. The van der Waals surface area contributed by atoms with Gasteiger partial charge in [-0.1, -0.05) is 18.9 Å². The zero-order valence-corrected chi connectivity index (χ0v) is 12.0. The third-order valence-electron chi connectivity index (χ3n) is 4.88. The second-order valence-corrected chi connectivity index (χ2v) is 6.15. The molecule has 0 bridgehead atoms. The van der Waals surface area contributed by atoms with E-state index in [1.807, 2.05) is 6.07 Å². The molecule has 1 unspecified atom stereocenters. The van der Waals surface area contributed by atoms with Crippen LogP contribution in [-0.4, -0.2) is 28.3 Å². The van der Waals surface area contributed by atoms with E-state index in [-0.39, 0.29) is 5.84 Å². The molecule has 4 heteroatoms. The lowest BCUT2D eigenvalue weighted by atomic mass is 9.95. The summed E-state index contributed by atoms with van der Waals surface area (Å²) in [7, 11) is 0. The van der Waals surface area contributed by atoms with Crippen molar-refractivity contribution in [1.82, 2.24) is 9.88 Å². The molecule has 1 saturated carbocycles. The molecule has 1 aliphatic heterocycles. The zero-order valence-electron chi connectivity index (χ0n) is 12.0. The summed E-state index contributed by atoms with van der Waals surface area (Å²) >= 11 is 0. The molecule has 1 atom stereocenters. The van der Waals surface area contributed by atoms with Crippen LogP contribution in [0.2, 0.25) is 0 Å². The second-order valence-electron chi connectivity index (χ2n) is 6.15. The molecule has 0 aromatic carbocycles. The van der Waals surface area contributed by atoms with Gasteiger partial charge in [0, 0.05) is 18.8 Å². The predicted molar refractivity (Wildman–Crippen MR) is 80.6 cm³/mol. The molecule has 0 radical (unpaired) electrons. The monoisotopic (exact) mass is 272 g/mol. The molecule has 0 spiro atoms. The fourth-order valence-corrected chi connectivity index (χ4v) is 3.95. The molecule has 1 aromatic rings. The molecule has 2 heterocycles. The zero-order chi connectivity index (χ0) is 13.9. The Bertz CT molecular complexity index is 479. The highest BCUT2D eigenvalue weighted by molar-refractivity contribution is 5.94. The van der Waals surface area contributed by atoms with Crippen molar-refractivity contribution in [3.05, 3.63) is 29.6 Å². The maximum atomic E-state index is 7.66. The summed E-state index contributed by atoms with van der Waals surface area (Å²) in [5, 5.41) is 7.66. The Labute approximate surface area is 120 Å². The second kappa shape index (κ2) is 5.92. The molecule has 1 saturated heterocycles. The fraction of sp³-hybridized carbons (Fsp3) is 0.625. The van der Waals surface area contributed by atoms with E-state index in [4.69, 9.17) is 11.1 Å². The standard InChI is InChI=1S/C16H24N4/c17-16(18)15-13(7-3-9-19-15)11-20-10-4-8-14(20)12-5-1-2-6-12/h3,7,9,12,14H,1-2,4-6,8,10-11H2,(H3,17,18). The van der Waals surface area contributed by atoms with Gasteiger partial charge in [-0.2, -0.15) is 0 Å². The molecule has 0 amide bonds. The van der Waals surface area contributed by atoms with E-state index in [9.17, 15) is 0 Å². The minimum atomic E-state index is 0.0808. The Morgan fingerprint density at radius 3 is 2.85 bits per heavy atom. The number of hydrogen-bond donors (Lipinski definition) is 2. The highest BCUT2D eigenvalue weighted by atomic mass is 15.2. The van der Waals surface area contributed by atoms with Gasteiger partial charge < -0.3 is 5.73 Å². The van der Waals surface area contributed by atoms with Crippen LogP contribution in [0.3, 0.4) is 0 Å². The number of nitrogens with one attached hydrogen (secondary N) is 1. The van der Waals surface area contributed by atoms with Crippen molar-refractivity contribution in [2.45, 2.75) is 51.1 Å². The molecule has 1 aliphatic carbocycles. The SMILES string of the molecule is N=C(N)c1ncccc1CN1CCCC1C1CCCC1. The summed E-state index contributed by atoms with van der Waals surface area (Å²) in [6.07, 6.45) is 9.96. The van der Waals surface area contributed by atoms with Gasteiger partial charge in [0.15, 0.2) is 0 Å². The van der Waals surface area contributed by atoms with Gasteiger partial charge in [-0.25, -0.2) is 0 Å². The maximum Gasteiger partial charge on any atom is 0.142 e. The first-order valence-electron chi connectivity index (χ1n) is 7.78. The summed E-state index contributed by atoms with van der Waals surface area (Å²) < 4.78 is 0.